The molecule has 0 aliphatic heterocycles. The number of benzene rings is 1. The van der Waals surface area contributed by atoms with E-state index in [-0.39, 0.29) is 24.0 Å². The molecule has 23 heavy (non-hydrogen) atoms. The molecule has 0 saturated heterocycles. The van der Waals surface area contributed by atoms with Crippen molar-refractivity contribution < 1.29 is 14.1 Å². The summed E-state index contributed by atoms with van der Waals surface area (Å²) in [5, 5.41) is 10.2. The number of nitrogens with zero attached hydrogens (tertiary/aromatic N) is 1. The summed E-state index contributed by atoms with van der Waals surface area (Å²) in [6.07, 6.45) is 0. The van der Waals surface area contributed by atoms with Gasteiger partial charge in [-0.15, -0.1) is 12.4 Å². The number of carbonyl (C=O) groups excluding carboxylic acids is 1. The number of rotatable bonds is 8. The third-order valence-electron chi connectivity index (χ3n) is 2.95. The van der Waals surface area contributed by atoms with E-state index in [1.54, 1.807) is 19.2 Å². The van der Waals surface area contributed by atoms with E-state index in [1.165, 1.54) is 0 Å². The molecule has 0 atom stereocenters. The van der Waals surface area contributed by atoms with Crippen molar-refractivity contribution in [2.45, 2.75) is 0 Å². The van der Waals surface area contributed by atoms with Crippen LogP contribution in [0.25, 0.3) is 11.3 Å². The molecule has 0 aliphatic carbocycles. The lowest BCUT2D eigenvalue weighted by Gasteiger charge is -2.04. The molecular formula is C15H19Cl2N3O3. The van der Waals surface area contributed by atoms with Gasteiger partial charge in [0.1, 0.15) is 0 Å². The van der Waals surface area contributed by atoms with Gasteiger partial charge in [0.05, 0.1) is 11.6 Å². The van der Waals surface area contributed by atoms with Crippen LogP contribution in [0.2, 0.25) is 5.02 Å². The minimum Gasteiger partial charge on any atom is -0.383 e. The Morgan fingerprint density at radius 3 is 2.83 bits per heavy atom. The summed E-state index contributed by atoms with van der Waals surface area (Å²) >= 11 is 6.08. The van der Waals surface area contributed by atoms with Crippen LogP contribution < -0.4 is 10.6 Å². The summed E-state index contributed by atoms with van der Waals surface area (Å²) in [5.74, 6) is 0.185. The summed E-state index contributed by atoms with van der Waals surface area (Å²) in [6, 6.07) is 8.81. The lowest BCUT2D eigenvalue weighted by Crippen LogP contribution is -2.33. The quantitative estimate of drug-likeness (QED) is 0.707. The standard InChI is InChI=1S/C15H18ClN3O3.ClH/c1-21-9-8-17-6-7-18-15(20)13-10-14(22-19-13)11-4-2-3-5-12(11)16;/h2-5,10,17H,6-9H2,1H3,(H,18,20);1H. The van der Waals surface area contributed by atoms with Crippen LogP contribution in [0.1, 0.15) is 10.5 Å². The van der Waals surface area contributed by atoms with E-state index in [4.69, 9.17) is 20.9 Å². The van der Waals surface area contributed by atoms with E-state index in [1.807, 2.05) is 18.2 Å². The zero-order chi connectivity index (χ0) is 15.8. The molecule has 2 N–H and O–H groups in total. The molecule has 0 unspecified atom stereocenters. The van der Waals surface area contributed by atoms with Crippen molar-refractivity contribution in [3.05, 3.63) is 41.0 Å². The van der Waals surface area contributed by atoms with Gasteiger partial charge in [0.15, 0.2) is 11.5 Å². The van der Waals surface area contributed by atoms with Crippen molar-refractivity contribution in [1.82, 2.24) is 15.8 Å². The van der Waals surface area contributed by atoms with Crippen molar-refractivity contribution in [1.29, 1.82) is 0 Å². The molecule has 0 spiro atoms. The molecule has 0 radical (unpaired) electrons. The fraction of sp³-hybridized carbons (Fsp3) is 0.333. The fourth-order valence-corrected chi connectivity index (χ4v) is 2.05. The van der Waals surface area contributed by atoms with Gasteiger partial charge in [0.2, 0.25) is 0 Å². The number of methoxy groups -OCH3 is 1. The molecule has 2 rings (SSSR count). The maximum absolute atomic E-state index is 11.9. The maximum Gasteiger partial charge on any atom is 0.273 e. The molecule has 0 bridgehead atoms. The monoisotopic (exact) mass is 359 g/mol. The predicted octanol–water partition coefficient (Wildman–Crippen LogP) is 2.38. The Morgan fingerprint density at radius 2 is 2.09 bits per heavy atom. The van der Waals surface area contributed by atoms with Crippen molar-refractivity contribution in [2.75, 3.05) is 33.4 Å². The smallest absolute Gasteiger partial charge is 0.273 e. The lowest BCUT2D eigenvalue weighted by atomic mass is 10.1. The summed E-state index contributed by atoms with van der Waals surface area (Å²) in [4.78, 5) is 11.9. The molecular weight excluding hydrogens is 341 g/mol. The number of halogens is 2. The van der Waals surface area contributed by atoms with Gasteiger partial charge >= 0.3 is 0 Å². The molecule has 0 aliphatic rings. The van der Waals surface area contributed by atoms with E-state index < -0.39 is 0 Å². The van der Waals surface area contributed by atoms with Crippen LogP contribution in [0.4, 0.5) is 0 Å². The normalized spacial score (nSPS) is 10.2. The van der Waals surface area contributed by atoms with Gasteiger partial charge in [0, 0.05) is 38.4 Å². The fourth-order valence-electron chi connectivity index (χ4n) is 1.82. The van der Waals surface area contributed by atoms with Crippen LogP contribution in [-0.2, 0) is 4.74 Å². The Morgan fingerprint density at radius 1 is 1.30 bits per heavy atom. The molecule has 0 saturated carbocycles. The molecule has 1 aromatic heterocycles. The maximum atomic E-state index is 11.9. The minimum absolute atomic E-state index is 0. The average molecular weight is 360 g/mol. The highest BCUT2D eigenvalue weighted by Gasteiger charge is 2.14. The summed E-state index contributed by atoms with van der Waals surface area (Å²) in [6.45, 7) is 2.53. The first-order valence-corrected chi connectivity index (χ1v) is 7.29. The molecule has 8 heteroatoms. The summed E-state index contributed by atoms with van der Waals surface area (Å²) < 4.78 is 10.1. The Labute approximate surface area is 145 Å². The third kappa shape index (κ3) is 5.84. The number of hydrogen-bond donors (Lipinski definition) is 2. The van der Waals surface area contributed by atoms with E-state index in [0.29, 0.717) is 36.0 Å². The van der Waals surface area contributed by atoms with Crippen molar-refractivity contribution >= 4 is 29.9 Å². The minimum atomic E-state index is -0.282. The molecule has 1 heterocycles. The summed E-state index contributed by atoms with van der Waals surface area (Å²) in [5.41, 5.74) is 0.934. The van der Waals surface area contributed by atoms with Crippen LogP contribution in [0, 0.1) is 0 Å². The largest absolute Gasteiger partial charge is 0.383 e. The van der Waals surface area contributed by atoms with Crippen LogP contribution in [-0.4, -0.2) is 44.4 Å². The second-order valence-corrected chi connectivity index (χ2v) is 4.96. The first kappa shape index (κ1) is 19.4. The summed E-state index contributed by atoms with van der Waals surface area (Å²) in [7, 11) is 1.64. The predicted molar refractivity (Wildman–Crippen MR) is 91.3 cm³/mol. The van der Waals surface area contributed by atoms with Gasteiger partial charge in [-0.3, -0.25) is 4.79 Å². The van der Waals surface area contributed by atoms with Crippen molar-refractivity contribution in [3.63, 3.8) is 0 Å². The zero-order valence-electron chi connectivity index (χ0n) is 12.7. The Balaban J connectivity index is 0.00000264. The van der Waals surface area contributed by atoms with Crippen LogP contribution >= 0.6 is 24.0 Å². The second kappa shape index (κ2) is 10.2. The Hall–Kier alpha value is -1.60. The average Bonchev–Trinajstić information content (AvgIpc) is 3.01. The Bertz CT molecular complexity index is 620. The van der Waals surface area contributed by atoms with Gasteiger partial charge in [0.25, 0.3) is 5.91 Å². The van der Waals surface area contributed by atoms with Gasteiger partial charge in [-0.25, -0.2) is 0 Å². The topological polar surface area (TPSA) is 76.4 Å². The molecule has 126 valence electrons. The number of hydrogen-bond acceptors (Lipinski definition) is 5. The van der Waals surface area contributed by atoms with Gasteiger partial charge in [-0.05, 0) is 12.1 Å². The van der Waals surface area contributed by atoms with Crippen LogP contribution in [0.5, 0.6) is 0 Å². The number of nitrogens with one attached hydrogen (secondary N) is 2. The molecule has 0 fully saturated rings. The highest BCUT2D eigenvalue weighted by Crippen LogP contribution is 2.27. The third-order valence-corrected chi connectivity index (χ3v) is 3.28. The number of ether oxygens (including phenoxy) is 1. The van der Waals surface area contributed by atoms with Crippen LogP contribution in [0.15, 0.2) is 34.9 Å². The van der Waals surface area contributed by atoms with Gasteiger partial charge in [-0.2, -0.15) is 0 Å². The van der Waals surface area contributed by atoms with Crippen molar-refractivity contribution in [2.24, 2.45) is 0 Å². The molecule has 6 nitrogen and oxygen atoms in total. The number of amides is 1. The van der Waals surface area contributed by atoms with E-state index in [2.05, 4.69) is 15.8 Å². The number of carbonyl (C=O) groups is 1. The highest BCUT2D eigenvalue weighted by molar-refractivity contribution is 6.33. The first-order chi connectivity index (χ1) is 10.7. The van der Waals surface area contributed by atoms with Gasteiger partial charge in [-0.1, -0.05) is 28.9 Å². The van der Waals surface area contributed by atoms with Gasteiger partial charge < -0.3 is 19.9 Å². The molecule has 1 aromatic carbocycles. The SMILES string of the molecule is COCCNCCNC(=O)c1cc(-c2ccccc2Cl)on1.Cl. The zero-order valence-corrected chi connectivity index (χ0v) is 14.2. The Kier molecular flexibility index (Phi) is 8.65. The molecule has 1 amide bonds. The molecule has 2 aromatic rings. The van der Waals surface area contributed by atoms with E-state index in [0.717, 1.165) is 6.54 Å². The van der Waals surface area contributed by atoms with E-state index in [9.17, 15) is 4.79 Å². The lowest BCUT2D eigenvalue weighted by molar-refractivity contribution is 0.0944. The second-order valence-electron chi connectivity index (χ2n) is 4.55. The van der Waals surface area contributed by atoms with Crippen molar-refractivity contribution in [3.8, 4) is 11.3 Å². The first-order valence-electron chi connectivity index (χ1n) is 6.92. The highest BCUT2D eigenvalue weighted by atomic mass is 35.5. The number of aromatic nitrogens is 1. The van der Waals surface area contributed by atoms with Crippen LogP contribution in [0.3, 0.4) is 0 Å². The van der Waals surface area contributed by atoms with E-state index >= 15 is 0 Å².